The molecule has 5 nitrogen and oxygen atoms in total. The third-order valence-electron chi connectivity index (χ3n) is 2.51. The molecule has 96 valence electrons. The molecule has 1 fully saturated rings. The van der Waals surface area contributed by atoms with E-state index in [4.69, 9.17) is 5.26 Å². The molecule has 1 aromatic rings. The molecule has 0 saturated carbocycles. The van der Waals surface area contributed by atoms with Gasteiger partial charge in [-0.25, -0.2) is 4.79 Å². The minimum atomic E-state index is -0.736. The SMILES string of the molecule is COC(=O)C(C#N)=C1SCC(=O)N1c1ccccc1. The molecule has 1 amide bonds. The quantitative estimate of drug-likeness (QED) is 0.466. The molecular weight excluding hydrogens is 264 g/mol. The molecule has 0 N–H and O–H groups in total. The van der Waals surface area contributed by atoms with E-state index in [1.807, 2.05) is 6.07 Å². The van der Waals surface area contributed by atoms with E-state index in [-0.39, 0.29) is 17.2 Å². The maximum Gasteiger partial charge on any atom is 0.351 e. The van der Waals surface area contributed by atoms with Crippen molar-refractivity contribution in [1.82, 2.24) is 0 Å². The Balaban J connectivity index is 2.52. The first kappa shape index (κ1) is 13.2. The Labute approximate surface area is 114 Å². The zero-order valence-electron chi connectivity index (χ0n) is 10.1. The van der Waals surface area contributed by atoms with Crippen molar-refractivity contribution in [2.24, 2.45) is 0 Å². The lowest BCUT2D eigenvalue weighted by Gasteiger charge is -2.17. The van der Waals surface area contributed by atoms with E-state index in [1.165, 1.54) is 12.0 Å². The predicted octanol–water partition coefficient (Wildman–Crippen LogP) is 1.67. The van der Waals surface area contributed by atoms with Gasteiger partial charge in [-0.1, -0.05) is 30.0 Å². The second-order valence-electron chi connectivity index (χ2n) is 3.64. The Morgan fingerprint density at radius 2 is 2.11 bits per heavy atom. The summed E-state index contributed by atoms with van der Waals surface area (Å²) in [6, 6.07) is 10.7. The van der Waals surface area contributed by atoms with Gasteiger partial charge in [0.15, 0.2) is 5.57 Å². The van der Waals surface area contributed by atoms with E-state index < -0.39 is 5.97 Å². The molecule has 1 saturated heterocycles. The highest BCUT2D eigenvalue weighted by atomic mass is 32.2. The molecule has 2 rings (SSSR count). The molecule has 1 aliphatic heterocycles. The average Bonchev–Trinajstić information content (AvgIpc) is 2.82. The summed E-state index contributed by atoms with van der Waals surface area (Å²) in [5, 5.41) is 9.40. The first-order chi connectivity index (χ1) is 9.19. The monoisotopic (exact) mass is 274 g/mol. The molecule has 0 aromatic heterocycles. The number of thioether (sulfide) groups is 1. The van der Waals surface area contributed by atoms with Crippen molar-refractivity contribution in [3.05, 3.63) is 40.9 Å². The molecule has 0 radical (unpaired) electrons. The zero-order chi connectivity index (χ0) is 13.8. The second kappa shape index (κ2) is 5.59. The van der Waals surface area contributed by atoms with Crippen LogP contribution in [-0.4, -0.2) is 24.7 Å². The maximum absolute atomic E-state index is 11.9. The van der Waals surface area contributed by atoms with E-state index >= 15 is 0 Å². The van der Waals surface area contributed by atoms with Crippen LogP contribution in [0, 0.1) is 11.3 Å². The zero-order valence-corrected chi connectivity index (χ0v) is 10.9. The molecular formula is C13H10N2O3S. The van der Waals surface area contributed by atoms with Gasteiger partial charge < -0.3 is 4.74 Å². The molecule has 0 atom stereocenters. The van der Waals surface area contributed by atoms with Crippen LogP contribution in [0.5, 0.6) is 0 Å². The van der Waals surface area contributed by atoms with E-state index in [2.05, 4.69) is 4.74 Å². The standard InChI is InChI=1S/C13H10N2O3S/c1-18-13(17)10(7-14)12-15(11(16)8-19-12)9-5-3-2-4-6-9/h2-6H,8H2,1H3. The van der Waals surface area contributed by atoms with Crippen LogP contribution >= 0.6 is 11.8 Å². The molecule has 0 unspecified atom stereocenters. The number of methoxy groups -OCH3 is 1. The van der Waals surface area contributed by atoms with Gasteiger partial charge in [0.25, 0.3) is 0 Å². The molecule has 0 bridgehead atoms. The Hall–Kier alpha value is -2.26. The minimum absolute atomic E-state index is 0.151. The van der Waals surface area contributed by atoms with Gasteiger partial charge in [0, 0.05) is 5.69 Å². The molecule has 6 heteroatoms. The summed E-state index contributed by atoms with van der Waals surface area (Å²) in [7, 11) is 1.20. The fraction of sp³-hybridized carbons (Fsp3) is 0.154. The van der Waals surface area contributed by atoms with Crippen molar-refractivity contribution in [1.29, 1.82) is 5.26 Å². The van der Waals surface area contributed by atoms with Crippen LogP contribution in [0.4, 0.5) is 5.69 Å². The fourth-order valence-electron chi connectivity index (χ4n) is 1.68. The summed E-state index contributed by atoms with van der Waals surface area (Å²) >= 11 is 1.16. The topological polar surface area (TPSA) is 70.4 Å². The van der Waals surface area contributed by atoms with Gasteiger partial charge in [-0.2, -0.15) is 5.26 Å². The number of rotatable bonds is 2. The number of para-hydroxylation sites is 1. The first-order valence-corrected chi connectivity index (χ1v) is 6.41. The number of carbonyl (C=O) groups is 2. The highest BCUT2D eigenvalue weighted by Crippen LogP contribution is 2.35. The van der Waals surface area contributed by atoms with Gasteiger partial charge in [0.1, 0.15) is 11.1 Å². The maximum atomic E-state index is 11.9. The van der Waals surface area contributed by atoms with E-state index in [1.54, 1.807) is 30.3 Å². The van der Waals surface area contributed by atoms with Crippen LogP contribution in [0.1, 0.15) is 0 Å². The number of benzene rings is 1. The largest absolute Gasteiger partial charge is 0.465 e. The number of ether oxygens (including phenoxy) is 1. The van der Waals surface area contributed by atoms with Crippen molar-refractivity contribution in [3.63, 3.8) is 0 Å². The Kier molecular flexibility index (Phi) is 3.88. The van der Waals surface area contributed by atoms with Crippen molar-refractivity contribution in [2.75, 3.05) is 17.8 Å². The minimum Gasteiger partial charge on any atom is -0.465 e. The first-order valence-electron chi connectivity index (χ1n) is 5.42. The summed E-state index contributed by atoms with van der Waals surface area (Å²) in [6.45, 7) is 0. The van der Waals surface area contributed by atoms with Crippen LogP contribution in [-0.2, 0) is 14.3 Å². The smallest absolute Gasteiger partial charge is 0.351 e. The number of nitrogens with zero attached hydrogens (tertiary/aromatic N) is 2. The van der Waals surface area contributed by atoms with Crippen LogP contribution in [0.25, 0.3) is 0 Å². The van der Waals surface area contributed by atoms with Crippen molar-refractivity contribution in [3.8, 4) is 6.07 Å². The van der Waals surface area contributed by atoms with Gasteiger partial charge in [0.2, 0.25) is 5.91 Å². The van der Waals surface area contributed by atoms with Gasteiger partial charge in [-0.15, -0.1) is 0 Å². The van der Waals surface area contributed by atoms with Crippen LogP contribution < -0.4 is 4.90 Å². The highest BCUT2D eigenvalue weighted by Gasteiger charge is 2.33. The highest BCUT2D eigenvalue weighted by molar-refractivity contribution is 8.04. The Morgan fingerprint density at radius 3 is 2.68 bits per heavy atom. The second-order valence-corrected chi connectivity index (χ2v) is 4.60. The molecule has 1 aliphatic rings. The molecule has 19 heavy (non-hydrogen) atoms. The van der Waals surface area contributed by atoms with Gasteiger partial charge >= 0.3 is 5.97 Å². The number of amides is 1. The lowest BCUT2D eigenvalue weighted by molar-refractivity contribution is -0.135. The Bertz CT molecular complexity index is 590. The summed E-state index contributed by atoms with van der Waals surface area (Å²) in [5.41, 5.74) is 0.478. The average molecular weight is 274 g/mol. The van der Waals surface area contributed by atoms with Crippen molar-refractivity contribution < 1.29 is 14.3 Å². The number of hydrogen-bond donors (Lipinski definition) is 0. The van der Waals surface area contributed by atoms with Crippen molar-refractivity contribution in [2.45, 2.75) is 0 Å². The normalized spacial score (nSPS) is 17.1. The van der Waals surface area contributed by atoms with Crippen molar-refractivity contribution >= 4 is 29.3 Å². The molecule has 1 heterocycles. The third kappa shape index (κ3) is 2.46. The number of anilines is 1. The van der Waals surface area contributed by atoms with Crippen LogP contribution in [0.15, 0.2) is 40.9 Å². The fourth-order valence-corrected chi connectivity index (χ4v) is 2.68. The summed E-state index contributed by atoms with van der Waals surface area (Å²) in [5.74, 6) is -0.699. The van der Waals surface area contributed by atoms with Gasteiger partial charge in [-0.3, -0.25) is 9.69 Å². The summed E-state index contributed by atoms with van der Waals surface area (Å²) in [4.78, 5) is 24.9. The van der Waals surface area contributed by atoms with E-state index in [0.717, 1.165) is 11.8 Å². The van der Waals surface area contributed by atoms with Gasteiger partial charge in [-0.05, 0) is 12.1 Å². The number of nitriles is 1. The summed E-state index contributed by atoms with van der Waals surface area (Å²) in [6.07, 6.45) is 0. The summed E-state index contributed by atoms with van der Waals surface area (Å²) < 4.78 is 4.56. The predicted molar refractivity (Wildman–Crippen MR) is 71.0 cm³/mol. The van der Waals surface area contributed by atoms with Crippen LogP contribution in [0.2, 0.25) is 0 Å². The lowest BCUT2D eigenvalue weighted by Crippen LogP contribution is -2.25. The van der Waals surface area contributed by atoms with Gasteiger partial charge in [0.05, 0.1) is 12.9 Å². The lowest BCUT2D eigenvalue weighted by atomic mass is 10.2. The van der Waals surface area contributed by atoms with E-state index in [0.29, 0.717) is 10.7 Å². The van der Waals surface area contributed by atoms with E-state index in [9.17, 15) is 9.59 Å². The number of hydrogen-bond acceptors (Lipinski definition) is 5. The molecule has 1 aromatic carbocycles. The van der Waals surface area contributed by atoms with Crippen LogP contribution in [0.3, 0.4) is 0 Å². The number of carbonyl (C=O) groups excluding carboxylic acids is 2. The number of esters is 1. The third-order valence-corrected chi connectivity index (χ3v) is 3.57. The molecule has 0 spiro atoms. The molecule has 0 aliphatic carbocycles. The Morgan fingerprint density at radius 1 is 1.42 bits per heavy atom.